The molecule has 6 heteroatoms. The van der Waals surface area contributed by atoms with Crippen molar-refractivity contribution in [2.75, 3.05) is 6.61 Å². The number of carbonyl (C=O) groups is 1. The average Bonchev–Trinajstić information content (AvgIpc) is 3.03. The van der Waals surface area contributed by atoms with E-state index in [0.717, 1.165) is 22.7 Å². The maximum Gasteiger partial charge on any atom is 0.352 e. The van der Waals surface area contributed by atoms with Gasteiger partial charge in [0.2, 0.25) is 0 Å². The molecule has 0 aliphatic heterocycles. The smallest absolute Gasteiger partial charge is 0.352 e. The van der Waals surface area contributed by atoms with E-state index >= 15 is 0 Å². The number of nitrogens with one attached hydrogen (secondary N) is 1. The van der Waals surface area contributed by atoms with Crippen LogP contribution in [0.15, 0.2) is 17.6 Å². The molecule has 1 unspecified atom stereocenters. The molecule has 1 atom stereocenters. The molecule has 0 radical (unpaired) electrons. The first kappa shape index (κ1) is 13.8. The van der Waals surface area contributed by atoms with Crippen molar-refractivity contribution < 1.29 is 14.6 Å². The lowest BCUT2D eigenvalue weighted by Gasteiger charge is -2.10. The molecule has 0 saturated carbocycles. The summed E-state index contributed by atoms with van der Waals surface area (Å²) in [5.74, 6) is -0.970. The molecule has 5 nitrogen and oxygen atoms in total. The molecule has 2 N–H and O–H groups in total. The Morgan fingerprint density at radius 2 is 2.37 bits per heavy atom. The third-order valence-corrected chi connectivity index (χ3v) is 3.68. The second kappa shape index (κ2) is 5.99. The first-order valence-corrected chi connectivity index (χ1v) is 7.02. The highest BCUT2D eigenvalue weighted by atomic mass is 32.1. The fraction of sp³-hybridized carbons (Fsp3) is 0.385. The van der Waals surface area contributed by atoms with Crippen LogP contribution in [-0.2, 0) is 4.74 Å². The van der Waals surface area contributed by atoms with Gasteiger partial charge in [-0.25, -0.2) is 9.78 Å². The number of ether oxygens (including phenoxy) is 1. The number of aromatic amines is 1. The van der Waals surface area contributed by atoms with Gasteiger partial charge in [-0.15, -0.1) is 11.3 Å². The Labute approximate surface area is 115 Å². The fourth-order valence-corrected chi connectivity index (χ4v) is 2.76. The summed E-state index contributed by atoms with van der Waals surface area (Å²) in [4.78, 5) is 18.1. The van der Waals surface area contributed by atoms with Crippen LogP contribution < -0.4 is 0 Å². The monoisotopic (exact) mass is 280 g/mol. The number of rotatable bonds is 6. The van der Waals surface area contributed by atoms with Crippen molar-refractivity contribution in [2.24, 2.45) is 0 Å². The lowest BCUT2D eigenvalue weighted by molar-refractivity contribution is 0.0597. The summed E-state index contributed by atoms with van der Waals surface area (Å²) in [5.41, 5.74) is 1.73. The molecular formula is C13H16N2O3S. The summed E-state index contributed by atoms with van der Waals surface area (Å²) < 4.78 is 5.62. The highest BCUT2D eigenvalue weighted by Gasteiger charge is 2.15. The van der Waals surface area contributed by atoms with Crippen LogP contribution in [0.25, 0.3) is 11.3 Å². The van der Waals surface area contributed by atoms with Gasteiger partial charge >= 0.3 is 5.97 Å². The first-order chi connectivity index (χ1) is 9.15. The van der Waals surface area contributed by atoms with E-state index in [-0.39, 0.29) is 11.8 Å². The highest BCUT2D eigenvalue weighted by molar-refractivity contribution is 7.10. The minimum Gasteiger partial charge on any atom is -0.477 e. The van der Waals surface area contributed by atoms with Crippen LogP contribution in [0.3, 0.4) is 0 Å². The van der Waals surface area contributed by atoms with Gasteiger partial charge in [-0.05, 0) is 19.4 Å². The van der Waals surface area contributed by atoms with E-state index in [1.54, 1.807) is 12.3 Å². The maximum absolute atomic E-state index is 10.8. The van der Waals surface area contributed by atoms with E-state index in [1.807, 2.05) is 12.3 Å². The van der Waals surface area contributed by atoms with Gasteiger partial charge in [0.15, 0.2) is 0 Å². The third kappa shape index (κ3) is 3.02. The average molecular weight is 280 g/mol. The molecule has 2 aromatic rings. The van der Waals surface area contributed by atoms with Gasteiger partial charge < -0.3 is 14.8 Å². The molecule has 102 valence electrons. The van der Waals surface area contributed by atoms with Crippen molar-refractivity contribution in [3.8, 4) is 11.3 Å². The molecule has 19 heavy (non-hydrogen) atoms. The number of carboxylic acids is 1. The van der Waals surface area contributed by atoms with Crippen molar-refractivity contribution in [1.29, 1.82) is 0 Å². The van der Waals surface area contributed by atoms with Crippen LogP contribution in [-0.4, -0.2) is 27.7 Å². The Bertz CT molecular complexity index is 562. The molecule has 2 heterocycles. The second-order valence-electron chi connectivity index (χ2n) is 4.03. The molecule has 0 aromatic carbocycles. The fourth-order valence-electron chi connectivity index (χ4n) is 1.80. The Morgan fingerprint density at radius 1 is 1.58 bits per heavy atom. The number of aromatic carboxylic acids is 1. The second-order valence-corrected chi connectivity index (χ2v) is 4.92. The van der Waals surface area contributed by atoms with Crippen molar-refractivity contribution in [1.82, 2.24) is 9.97 Å². The quantitative estimate of drug-likeness (QED) is 0.851. The lowest BCUT2D eigenvalue weighted by Crippen LogP contribution is -2.02. The topological polar surface area (TPSA) is 75.2 Å². The van der Waals surface area contributed by atoms with E-state index in [1.165, 1.54) is 11.3 Å². The minimum atomic E-state index is -0.970. The minimum absolute atomic E-state index is 0.0154. The van der Waals surface area contributed by atoms with Crippen molar-refractivity contribution in [3.05, 3.63) is 28.3 Å². The Morgan fingerprint density at radius 3 is 2.95 bits per heavy atom. The van der Waals surface area contributed by atoms with Crippen molar-refractivity contribution in [3.63, 3.8) is 0 Å². The maximum atomic E-state index is 10.8. The molecule has 0 saturated heterocycles. The molecule has 0 aliphatic carbocycles. The molecule has 0 spiro atoms. The van der Waals surface area contributed by atoms with E-state index in [0.29, 0.717) is 6.61 Å². The predicted octanol–water partition coefficient (Wildman–Crippen LogP) is 3.32. The van der Waals surface area contributed by atoms with Crippen LogP contribution in [0.5, 0.6) is 0 Å². The molecule has 2 aromatic heterocycles. The Balaban J connectivity index is 2.21. The number of H-pyrrole nitrogens is 1. The van der Waals surface area contributed by atoms with Crippen molar-refractivity contribution in [2.45, 2.75) is 26.4 Å². The van der Waals surface area contributed by atoms with Gasteiger partial charge in [0.25, 0.3) is 0 Å². The largest absolute Gasteiger partial charge is 0.477 e. The summed E-state index contributed by atoms with van der Waals surface area (Å²) in [6.45, 7) is 4.67. The van der Waals surface area contributed by atoms with Gasteiger partial charge in [-0.3, -0.25) is 0 Å². The molecule has 0 aliphatic rings. The summed E-state index contributed by atoms with van der Waals surface area (Å²) in [7, 11) is 0. The van der Waals surface area contributed by atoms with Crippen LogP contribution in [0.1, 0.15) is 41.9 Å². The van der Waals surface area contributed by atoms with E-state index in [2.05, 4.69) is 16.9 Å². The molecule has 0 fully saturated rings. The SMILES string of the molecule is CCOC(CC)c1nc(-c2c[nH]c(C(=O)O)c2)cs1. The van der Waals surface area contributed by atoms with Gasteiger partial charge in [0, 0.05) is 23.7 Å². The van der Waals surface area contributed by atoms with Crippen LogP contribution in [0.2, 0.25) is 0 Å². The molecule has 0 amide bonds. The summed E-state index contributed by atoms with van der Waals surface area (Å²) in [6.07, 6.45) is 2.54. The number of thiazole rings is 1. The lowest BCUT2D eigenvalue weighted by atomic mass is 10.2. The standard InChI is InChI=1S/C13H16N2O3S/c1-3-11(18-4-2)12-15-10(7-19-12)8-5-9(13(16)17)14-6-8/h5-7,11,14H,3-4H2,1-2H3,(H,16,17). The number of nitrogens with zero attached hydrogens (tertiary/aromatic N) is 1. The normalized spacial score (nSPS) is 12.5. The number of aromatic nitrogens is 2. The van der Waals surface area contributed by atoms with Gasteiger partial charge in [-0.1, -0.05) is 6.92 Å². The van der Waals surface area contributed by atoms with E-state index < -0.39 is 5.97 Å². The Hall–Kier alpha value is -1.66. The Kier molecular flexibility index (Phi) is 4.34. The van der Waals surface area contributed by atoms with Gasteiger partial charge in [0.1, 0.15) is 16.8 Å². The zero-order valence-corrected chi connectivity index (χ0v) is 11.7. The zero-order chi connectivity index (χ0) is 13.8. The number of carboxylic acid groups (broad SMARTS) is 1. The van der Waals surface area contributed by atoms with Crippen LogP contribution in [0, 0.1) is 0 Å². The van der Waals surface area contributed by atoms with Gasteiger partial charge in [-0.2, -0.15) is 0 Å². The van der Waals surface area contributed by atoms with E-state index in [4.69, 9.17) is 9.84 Å². The predicted molar refractivity (Wildman–Crippen MR) is 73.5 cm³/mol. The van der Waals surface area contributed by atoms with Crippen LogP contribution >= 0.6 is 11.3 Å². The van der Waals surface area contributed by atoms with E-state index in [9.17, 15) is 4.79 Å². The summed E-state index contributed by atoms with van der Waals surface area (Å²) in [6, 6.07) is 1.59. The van der Waals surface area contributed by atoms with Crippen LogP contribution in [0.4, 0.5) is 0 Å². The first-order valence-electron chi connectivity index (χ1n) is 6.14. The molecule has 2 rings (SSSR count). The molecular weight excluding hydrogens is 264 g/mol. The van der Waals surface area contributed by atoms with Gasteiger partial charge in [0.05, 0.1) is 5.69 Å². The number of hydrogen-bond donors (Lipinski definition) is 2. The molecule has 0 bridgehead atoms. The summed E-state index contributed by atoms with van der Waals surface area (Å²) >= 11 is 1.54. The zero-order valence-electron chi connectivity index (χ0n) is 10.8. The number of hydrogen-bond acceptors (Lipinski definition) is 4. The summed E-state index contributed by atoms with van der Waals surface area (Å²) in [5, 5.41) is 11.7. The highest BCUT2D eigenvalue weighted by Crippen LogP contribution is 2.29. The van der Waals surface area contributed by atoms with Crippen molar-refractivity contribution >= 4 is 17.3 Å². The third-order valence-electron chi connectivity index (χ3n) is 2.75.